The molecule has 39 heavy (non-hydrogen) atoms. The minimum absolute atomic E-state index is 0.00963. The maximum Gasteiger partial charge on any atom is 0.266 e. The lowest BCUT2D eigenvalue weighted by molar-refractivity contribution is -0.107. The molecule has 0 bridgehead atoms. The van der Waals surface area contributed by atoms with Gasteiger partial charge in [-0.05, 0) is 74.2 Å². The van der Waals surface area contributed by atoms with E-state index in [-0.39, 0.29) is 24.3 Å². The van der Waals surface area contributed by atoms with Gasteiger partial charge < -0.3 is 15.1 Å². The number of carbonyl (C=O) groups excluding carboxylic acids is 2. The molecule has 5 rings (SSSR count). The van der Waals surface area contributed by atoms with E-state index in [0.717, 1.165) is 59.0 Å². The van der Waals surface area contributed by atoms with Crippen LogP contribution in [-0.4, -0.2) is 43.4 Å². The molecule has 8 heteroatoms. The Labute approximate surface area is 237 Å². The standard InChI is InChI=1S/C31H31ClFN3O2S/c1-34-23-10-14-25(15-11-23)36(31(38)30-29(32)26-5-3-4-6-28(26)39-30)18-22-17-21(9-16-27(22)33)20-7-12-24(13-8-20)35(2)19-37/h3-9,12-13,16-17,19,23,25,34H,10-11,14-15,18H2,1-2H3/t23-,25-. The molecule has 1 fully saturated rings. The number of nitrogens with zero attached hydrogens (tertiary/aromatic N) is 2. The molecule has 0 spiro atoms. The largest absolute Gasteiger partial charge is 0.330 e. The smallest absolute Gasteiger partial charge is 0.266 e. The lowest BCUT2D eigenvalue weighted by Gasteiger charge is -2.37. The molecule has 5 nitrogen and oxygen atoms in total. The fraction of sp³-hybridized carbons (Fsp3) is 0.290. The van der Waals surface area contributed by atoms with Gasteiger partial charge >= 0.3 is 0 Å². The quantitative estimate of drug-likeness (QED) is 0.232. The molecule has 0 unspecified atom stereocenters. The van der Waals surface area contributed by atoms with Gasteiger partial charge in [-0.3, -0.25) is 9.59 Å². The summed E-state index contributed by atoms with van der Waals surface area (Å²) in [5.74, 6) is -0.500. The van der Waals surface area contributed by atoms with Crippen molar-refractivity contribution in [2.24, 2.45) is 0 Å². The molecule has 4 aromatic rings. The Bertz CT molecular complexity index is 1480. The van der Waals surface area contributed by atoms with Gasteiger partial charge in [-0.1, -0.05) is 48.0 Å². The summed E-state index contributed by atoms with van der Waals surface area (Å²) >= 11 is 8.11. The first-order valence-electron chi connectivity index (χ1n) is 13.1. The van der Waals surface area contributed by atoms with Crippen LogP contribution in [0.5, 0.6) is 0 Å². The summed E-state index contributed by atoms with van der Waals surface area (Å²) in [6.07, 6.45) is 4.34. The van der Waals surface area contributed by atoms with Crippen LogP contribution in [0.1, 0.15) is 40.9 Å². The average Bonchev–Trinajstić information content (AvgIpc) is 3.32. The molecule has 202 valence electrons. The summed E-state index contributed by atoms with van der Waals surface area (Å²) in [7, 11) is 3.66. The van der Waals surface area contributed by atoms with Crippen molar-refractivity contribution in [2.45, 2.75) is 44.3 Å². The molecule has 0 aliphatic heterocycles. The Kier molecular flexibility index (Phi) is 8.31. The zero-order chi connectivity index (χ0) is 27.5. The first-order valence-corrected chi connectivity index (χ1v) is 14.3. The summed E-state index contributed by atoms with van der Waals surface area (Å²) in [5, 5.41) is 4.67. The zero-order valence-corrected chi connectivity index (χ0v) is 23.6. The van der Waals surface area contributed by atoms with E-state index in [1.54, 1.807) is 13.1 Å². The Balaban J connectivity index is 1.48. The number of fused-ring (bicyclic) bond motifs is 1. The first-order chi connectivity index (χ1) is 18.9. The van der Waals surface area contributed by atoms with E-state index >= 15 is 4.39 Å². The van der Waals surface area contributed by atoms with E-state index in [2.05, 4.69) is 5.32 Å². The fourth-order valence-corrected chi connectivity index (χ4v) is 6.80. The molecular formula is C31H31ClFN3O2S. The van der Waals surface area contributed by atoms with Gasteiger partial charge in [-0.15, -0.1) is 11.3 Å². The van der Waals surface area contributed by atoms with Crippen LogP contribution < -0.4 is 10.2 Å². The zero-order valence-electron chi connectivity index (χ0n) is 22.0. The topological polar surface area (TPSA) is 52.6 Å². The number of amides is 2. The summed E-state index contributed by atoms with van der Waals surface area (Å²) < 4.78 is 16.2. The van der Waals surface area contributed by atoms with Crippen LogP contribution in [0.2, 0.25) is 5.02 Å². The number of anilines is 1. The highest BCUT2D eigenvalue weighted by molar-refractivity contribution is 7.21. The Morgan fingerprint density at radius 2 is 1.74 bits per heavy atom. The number of rotatable bonds is 8. The number of hydrogen-bond donors (Lipinski definition) is 1. The molecule has 3 aromatic carbocycles. The Morgan fingerprint density at radius 1 is 1.05 bits per heavy atom. The molecule has 0 atom stereocenters. The van der Waals surface area contributed by atoms with Gasteiger partial charge in [0.15, 0.2) is 0 Å². The number of nitrogens with one attached hydrogen (secondary N) is 1. The number of benzene rings is 3. The highest BCUT2D eigenvalue weighted by Crippen LogP contribution is 2.38. The van der Waals surface area contributed by atoms with Crippen LogP contribution in [-0.2, 0) is 11.3 Å². The van der Waals surface area contributed by atoms with Gasteiger partial charge in [0.25, 0.3) is 5.91 Å². The first kappa shape index (κ1) is 27.3. The van der Waals surface area contributed by atoms with Crippen molar-refractivity contribution in [3.05, 3.63) is 88.0 Å². The molecule has 1 heterocycles. The molecule has 1 saturated carbocycles. The van der Waals surface area contributed by atoms with Crippen molar-refractivity contribution < 1.29 is 14.0 Å². The van der Waals surface area contributed by atoms with Crippen molar-refractivity contribution >= 4 is 51.0 Å². The minimum atomic E-state index is -0.347. The van der Waals surface area contributed by atoms with E-state index in [4.69, 9.17) is 11.6 Å². The van der Waals surface area contributed by atoms with Crippen LogP contribution in [0.4, 0.5) is 10.1 Å². The van der Waals surface area contributed by atoms with Crippen LogP contribution in [0.25, 0.3) is 21.2 Å². The highest BCUT2D eigenvalue weighted by atomic mass is 35.5. The SMILES string of the molecule is CN[C@H]1CC[C@H](N(Cc2cc(-c3ccc(N(C)C=O)cc3)ccc2F)C(=O)c2sc3ccccc3c2Cl)CC1. The molecule has 1 aliphatic carbocycles. The molecule has 1 N–H and O–H groups in total. The summed E-state index contributed by atoms with van der Waals surface area (Å²) in [4.78, 5) is 29.0. The summed E-state index contributed by atoms with van der Waals surface area (Å²) in [5.41, 5.74) is 2.98. The molecule has 1 aliphatic rings. The molecule has 0 radical (unpaired) electrons. The van der Waals surface area contributed by atoms with Crippen LogP contribution in [0.3, 0.4) is 0 Å². The highest BCUT2D eigenvalue weighted by Gasteiger charge is 2.32. The number of hydrogen-bond acceptors (Lipinski definition) is 4. The van der Waals surface area contributed by atoms with E-state index in [9.17, 15) is 9.59 Å². The van der Waals surface area contributed by atoms with Crippen LogP contribution >= 0.6 is 22.9 Å². The third-order valence-electron chi connectivity index (χ3n) is 7.69. The predicted molar refractivity (Wildman–Crippen MR) is 158 cm³/mol. The van der Waals surface area contributed by atoms with Gasteiger partial charge in [0.1, 0.15) is 10.7 Å². The van der Waals surface area contributed by atoms with Gasteiger partial charge in [0.05, 0.1) is 5.02 Å². The number of carbonyl (C=O) groups is 2. The van der Waals surface area contributed by atoms with Gasteiger partial charge in [-0.25, -0.2) is 4.39 Å². The molecular weight excluding hydrogens is 533 g/mol. The van der Waals surface area contributed by atoms with E-state index in [0.29, 0.717) is 21.5 Å². The third-order valence-corrected chi connectivity index (χ3v) is 9.35. The molecule has 2 amide bonds. The third kappa shape index (κ3) is 5.71. The van der Waals surface area contributed by atoms with Crippen LogP contribution in [0.15, 0.2) is 66.7 Å². The Morgan fingerprint density at radius 3 is 2.41 bits per heavy atom. The van der Waals surface area contributed by atoms with Gasteiger partial charge in [0, 0.05) is 47.0 Å². The minimum Gasteiger partial charge on any atom is -0.330 e. The van der Waals surface area contributed by atoms with Crippen molar-refractivity contribution in [1.82, 2.24) is 10.2 Å². The maximum absolute atomic E-state index is 15.2. The van der Waals surface area contributed by atoms with Crippen molar-refractivity contribution in [2.75, 3.05) is 19.0 Å². The van der Waals surface area contributed by atoms with E-state index < -0.39 is 0 Å². The fourth-order valence-electron chi connectivity index (χ4n) is 5.33. The van der Waals surface area contributed by atoms with E-state index in [1.807, 2.05) is 66.5 Å². The molecule has 1 aromatic heterocycles. The second-order valence-corrected chi connectivity index (χ2v) is 11.5. The summed E-state index contributed by atoms with van der Waals surface area (Å²) in [6, 6.07) is 20.7. The monoisotopic (exact) mass is 563 g/mol. The Hall–Kier alpha value is -3.26. The van der Waals surface area contributed by atoms with Gasteiger partial charge in [0.2, 0.25) is 6.41 Å². The van der Waals surface area contributed by atoms with Crippen molar-refractivity contribution in [1.29, 1.82) is 0 Å². The van der Waals surface area contributed by atoms with Gasteiger partial charge in [-0.2, -0.15) is 0 Å². The number of halogens is 2. The number of thiophene rings is 1. The maximum atomic E-state index is 15.2. The predicted octanol–water partition coefficient (Wildman–Crippen LogP) is 7.13. The van der Waals surface area contributed by atoms with Crippen LogP contribution in [0, 0.1) is 5.82 Å². The second kappa shape index (κ2) is 11.9. The summed E-state index contributed by atoms with van der Waals surface area (Å²) in [6.45, 7) is 0.157. The lowest BCUT2D eigenvalue weighted by Crippen LogP contribution is -2.44. The van der Waals surface area contributed by atoms with Crippen molar-refractivity contribution in [3.63, 3.8) is 0 Å². The average molecular weight is 564 g/mol. The molecule has 0 saturated heterocycles. The normalized spacial score (nSPS) is 17.2. The lowest BCUT2D eigenvalue weighted by atomic mass is 9.89. The second-order valence-electron chi connectivity index (χ2n) is 10.0. The van der Waals surface area contributed by atoms with E-state index in [1.165, 1.54) is 22.3 Å². The van der Waals surface area contributed by atoms with Crippen molar-refractivity contribution in [3.8, 4) is 11.1 Å².